The number of nitrogens with zero attached hydrogens (tertiary/aromatic N) is 2. The minimum Gasteiger partial charge on any atom is -0.492 e. The Balaban J connectivity index is 0.00000312. The average molecular weight is 435 g/mol. The fourth-order valence-corrected chi connectivity index (χ4v) is 3.15. The summed E-state index contributed by atoms with van der Waals surface area (Å²) < 4.78 is 6.69. The highest BCUT2D eigenvalue weighted by Gasteiger charge is 2.34. The molecule has 0 saturated carbocycles. The van der Waals surface area contributed by atoms with Gasteiger partial charge in [0.25, 0.3) is 0 Å². The third-order valence-corrected chi connectivity index (χ3v) is 5.21. The molecule has 2 N–H and O–H groups in total. The van der Waals surface area contributed by atoms with E-state index in [0.29, 0.717) is 19.7 Å². The average Bonchev–Trinajstić information content (AvgIpc) is 2.52. The molecule has 0 aromatic heterocycles. The van der Waals surface area contributed by atoms with Gasteiger partial charge in [0.15, 0.2) is 0 Å². The van der Waals surface area contributed by atoms with E-state index in [1.807, 2.05) is 31.3 Å². The third-order valence-electron chi connectivity index (χ3n) is 4.68. The predicted molar refractivity (Wildman–Crippen MR) is 107 cm³/mol. The van der Waals surface area contributed by atoms with Gasteiger partial charge in [0.2, 0.25) is 5.91 Å². The monoisotopic (exact) mass is 433 g/mol. The molecule has 1 unspecified atom stereocenters. The Morgan fingerprint density at radius 2 is 2.04 bits per heavy atom. The van der Waals surface area contributed by atoms with E-state index in [9.17, 15) is 4.79 Å². The van der Waals surface area contributed by atoms with Gasteiger partial charge in [0.05, 0.1) is 13.1 Å². The first-order valence-corrected chi connectivity index (χ1v) is 9.17. The Morgan fingerprint density at radius 1 is 1.40 bits per heavy atom. The first kappa shape index (κ1) is 22.2. The molecule has 25 heavy (non-hydrogen) atoms. The van der Waals surface area contributed by atoms with E-state index in [4.69, 9.17) is 10.5 Å². The number of amides is 1. The first-order valence-electron chi connectivity index (χ1n) is 8.38. The maximum Gasteiger partial charge on any atom is 0.236 e. The molecule has 1 aromatic rings. The van der Waals surface area contributed by atoms with Gasteiger partial charge in [-0.15, -0.1) is 12.4 Å². The molecule has 5 nitrogen and oxygen atoms in total. The molecule has 1 atom stereocenters. The molecule has 1 aromatic carbocycles. The summed E-state index contributed by atoms with van der Waals surface area (Å²) in [6.45, 7) is 7.60. The SMILES string of the molecule is CN(CCOc1ccc(Br)cc1)C(=O)CN1CCC(N)C(C)(C)C1.Cl. The molecule has 0 radical (unpaired) electrons. The Hall–Kier alpha value is -0.820. The van der Waals surface area contributed by atoms with Crippen LogP contribution in [0.4, 0.5) is 0 Å². The second kappa shape index (κ2) is 9.76. The lowest BCUT2D eigenvalue weighted by atomic mass is 9.80. The van der Waals surface area contributed by atoms with E-state index >= 15 is 0 Å². The molecule has 1 amide bonds. The number of benzene rings is 1. The summed E-state index contributed by atoms with van der Waals surface area (Å²) in [4.78, 5) is 16.3. The summed E-state index contributed by atoms with van der Waals surface area (Å²) in [7, 11) is 1.83. The van der Waals surface area contributed by atoms with Crippen LogP contribution < -0.4 is 10.5 Å². The summed E-state index contributed by atoms with van der Waals surface area (Å²) in [5, 5.41) is 0. The fraction of sp³-hybridized carbons (Fsp3) is 0.611. The van der Waals surface area contributed by atoms with Crippen molar-refractivity contribution in [3.63, 3.8) is 0 Å². The van der Waals surface area contributed by atoms with Crippen molar-refractivity contribution in [3.05, 3.63) is 28.7 Å². The van der Waals surface area contributed by atoms with Crippen LogP contribution in [-0.4, -0.2) is 61.6 Å². The van der Waals surface area contributed by atoms with Crippen LogP contribution in [0.15, 0.2) is 28.7 Å². The van der Waals surface area contributed by atoms with E-state index in [1.165, 1.54) is 0 Å². The minimum atomic E-state index is 0. The minimum absolute atomic E-state index is 0. The first-order chi connectivity index (χ1) is 11.3. The number of hydrogen-bond donors (Lipinski definition) is 1. The largest absolute Gasteiger partial charge is 0.492 e. The summed E-state index contributed by atoms with van der Waals surface area (Å²) in [6.07, 6.45) is 0.941. The van der Waals surface area contributed by atoms with Crippen molar-refractivity contribution in [3.8, 4) is 5.75 Å². The number of rotatable bonds is 6. The molecule has 7 heteroatoms. The van der Waals surface area contributed by atoms with Gasteiger partial charge < -0.3 is 15.4 Å². The molecule has 0 aliphatic carbocycles. The van der Waals surface area contributed by atoms with Crippen LogP contribution in [-0.2, 0) is 4.79 Å². The van der Waals surface area contributed by atoms with E-state index in [-0.39, 0.29) is 29.8 Å². The molecule has 0 spiro atoms. The van der Waals surface area contributed by atoms with Crippen LogP contribution in [0.2, 0.25) is 0 Å². The highest BCUT2D eigenvalue weighted by Crippen LogP contribution is 2.27. The second-order valence-electron chi connectivity index (χ2n) is 7.21. The fourth-order valence-electron chi connectivity index (χ4n) is 2.89. The molecule has 1 aliphatic heterocycles. The Bertz CT molecular complexity index is 554. The smallest absolute Gasteiger partial charge is 0.236 e. The molecule has 0 bridgehead atoms. The standard InChI is InChI=1S/C18H28BrN3O2.ClH/c1-18(2)13-22(9-8-16(18)20)12-17(23)21(3)10-11-24-15-6-4-14(19)5-7-15;/h4-7,16H,8-13,20H2,1-3H3;1H. The van der Waals surface area contributed by atoms with Gasteiger partial charge in [0.1, 0.15) is 12.4 Å². The maximum atomic E-state index is 12.4. The van der Waals surface area contributed by atoms with Gasteiger partial charge in [-0.3, -0.25) is 9.69 Å². The second-order valence-corrected chi connectivity index (χ2v) is 8.13. The Morgan fingerprint density at radius 3 is 2.64 bits per heavy atom. The number of carbonyl (C=O) groups is 1. The van der Waals surface area contributed by atoms with Gasteiger partial charge in [-0.2, -0.15) is 0 Å². The van der Waals surface area contributed by atoms with Crippen LogP contribution in [0.1, 0.15) is 20.3 Å². The summed E-state index contributed by atoms with van der Waals surface area (Å²) >= 11 is 3.39. The highest BCUT2D eigenvalue weighted by atomic mass is 79.9. The summed E-state index contributed by atoms with van der Waals surface area (Å²) in [5.74, 6) is 0.937. The van der Waals surface area contributed by atoms with E-state index in [2.05, 4.69) is 34.7 Å². The lowest BCUT2D eigenvalue weighted by Crippen LogP contribution is -2.54. The number of piperidine rings is 1. The number of hydrogen-bond acceptors (Lipinski definition) is 4. The van der Waals surface area contributed by atoms with Crippen LogP contribution in [0.5, 0.6) is 5.75 Å². The van der Waals surface area contributed by atoms with Gasteiger partial charge in [0, 0.05) is 30.7 Å². The van der Waals surface area contributed by atoms with Gasteiger partial charge >= 0.3 is 0 Å². The molecule has 1 aliphatic rings. The van der Waals surface area contributed by atoms with Crippen molar-refractivity contribution in [2.24, 2.45) is 11.1 Å². The van der Waals surface area contributed by atoms with E-state index in [0.717, 1.165) is 29.7 Å². The number of halogens is 2. The molecule has 1 heterocycles. The van der Waals surface area contributed by atoms with Crippen molar-refractivity contribution in [2.45, 2.75) is 26.3 Å². The highest BCUT2D eigenvalue weighted by molar-refractivity contribution is 9.10. The zero-order chi connectivity index (χ0) is 17.7. The number of likely N-dealkylation sites (N-methyl/N-ethyl adjacent to an activating group) is 1. The lowest BCUT2D eigenvalue weighted by molar-refractivity contribution is -0.132. The zero-order valence-electron chi connectivity index (χ0n) is 15.2. The van der Waals surface area contributed by atoms with Crippen molar-refractivity contribution < 1.29 is 9.53 Å². The number of carbonyl (C=O) groups excluding carboxylic acids is 1. The van der Waals surface area contributed by atoms with Gasteiger partial charge in [-0.25, -0.2) is 0 Å². The van der Waals surface area contributed by atoms with Crippen molar-refractivity contribution in [2.75, 3.05) is 39.8 Å². The normalized spacial score (nSPS) is 19.8. The van der Waals surface area contributed by atoms with E-state index in [1.54, 1.807) is 4.90 Å². The van der Waals surface area contributed by atoms with Gasteiger partial charge in [-0.1, -0.05) is 29.8 Å². The van der Waals surface area contributed by atoms with Crippen LogP contribution in [0.25, 0.3) is 0 Å². The quantitative estimate of drug-likeness (QED) is 0.748. The third kappa shape index (κ3) is 6.77. The van der Waals surface area contributed by atoms with Crippen molar-refractivity contribution in [1.29, 1.82) is 0 Å². The molecule has 1 fully saturated rings. The molecular formula is C18H29BrClN3O2. The summed E-state index contributed by atoms with van der Waals surface area (Å²) in [6, 6.07) is 7.90. The van der Waals surface area contributed by atoms with Crippen molar-refractivity contribution >= 4 is 34.2 Å². The van der Waals surface area contributed by atoms with E-state index < -0.39 is 0 Å². The lowest BCUT2D eigenvalue weighted by Gasteiger charge is -2.42. The number of ether oxygens (including phenoxy) is 1. The summed E-state index contributed by atoms with van der Waals surface area (Å²) in [5.41, 5.74) is 6.21. The topological polar surface area (TPSA) is 58.8 Å². The Labute approximate surface area is 165 Å². The van der Waals surface area contributed by atoms with Crippen LogP contribution in [0.3, 0.4) is 0 Å². The molecule has 142 valence electrons. The Kier molecular flexibility index (Phi) is 8.68. The van der Waals surface area contributed by atoms with Crippen molar-refractivity contribution in [1.82, 2.24) is 9.80 Å². The molecule has 2 rings (SSSR count). The van der Waals surface area contributed by atoms with Crippen LogP contribution >= 0.6 is 28.3 Å². The van der Waals surface area contributed by atoms with Gasteiger partial charge in [-0.05, 0) is 36.1 Å². The predicted octanol–water partition coefficient (Wildman–Crippen LogP) is 2.77. The maximum absolute atomic E-state index is 12.4. The molecular weight excluding hydrogens is 406 g/mol. The van der Waals surface area contributed by atoms with Crippen LogP contribution in [0, 0.1) is 5.41 Å². The molecule has 1 saturated heterocycles. The number of nitrogens with two attached hydrogens (primary N) is 1. The number of likely N-dealkylation sites (tertiary alicyclic amines) is 1. The zero-order valence-corrected chi connectivity index (χ0v) is 17.6.